The van der Waals surface area contributed by atoms with Crippen LogP contribution in [0.15, 0.2) is 95.5 Å². The lowest BCUT2D eigenvalue weighted by Gasteiger charge is -2.22. The van der Waals surface area contributed by atoms with E-state index in [9.17, 15) is 9.90 Å². The van der Waals surface area contributed by atoms with Crippen molar-refractivity contribution in [2.45, 2.75) is 6.04 Å². The molecule has 0 unspecified atom stereocenters. The van der Waals surface area contributed by atoms with E-state index in [1.165, 1.54) is 0 Å². The van der Waals surface area contributed by atoms with Crippen molar-refractivity contribution in [1.82, 2.24) is 5.32 Å². The first-order valence-corrected chi connectivity index (χ1v) is 9.75. The predicted octanol–water partition coefficient (Wildman–Crippen LogP) is 5.83. The summed E-state index contributed by atoms with van der Waals surface area (Å²) in [6.45, 7) is 0. The van der Waals surface area contributed by atoms with Crippen LogP contribution in [0.3, 0.4) is 0 Å². The molecule has 1 atom stereocenters. The highest BCUT2D eigenvalue weighted by molar-refractivity contribution is 9.10. The van der Waals surface area contributed by atoms with E-state index in [0.717, 1.165) is 20.8 Å². The van der Waals surface area contributed by atoms with Crippen LogP contribution in [0.4, 0.5) is 0 Å². The lowest BCUT2D eigenvalue weighted by molar-refractivity contribution is 0.0943. The average Bonchev–Trinajstić information content (AvgIpc) is 2.73. The largest absolute Gasteiger partial charge is 0.508 e. The molecule has 4 rings (SSSR count). The highest BCUT2D eigenvalue weighted by Gasteiger charge is 2.23. The van der Waals surface area contributed by atoms with E-state index < -0.39 is 6.04 Å². The second kappa shape index (κ2) is 7.87. The van der Waals surface area contributed by atoms with Crippen LogP contribution < -0.4 is 5.32 Å². The van der Waals surface area contributed by atoms with E-state index in [0.29, 0.717) is 11.1 Å². The minimum Gasteiger partial charge on any atom is -0.508 e. The van der Waals surface area contributed by atoms with Gasteiger partial charge in [-0.15, -0.1) is 0 Å². The number of carbonyl (C=O) groups is 1. The van der Waals surface area contributed by atoms with E-state index in [1.807, 2.05) is 72.8 Å². The molecule has 0 fully saturated rings. The molecule has 0 saturated carbocycles. The van der Waals surface area contributed by atoms with E-state index in [1.54, 1.807) is 18.2 Å². The van der Waals surface area contributed by atoms with Crippen molar-refractivity contribution in [3.8, 4) is 5.75 Å². The third kappa shape index (κ3) is 3.64. The fraction of sp³-hybridized carbons (Fsp3) is 0.0417. The van der Waals surface area contributed by atoms with Crippen molar-refractivity contribution in [2.24, 2.45) is 0 Å². The second-order valence-electron chi connectivity index (χ2n) is 6.54. The number of aromatic hydroxyl groups is 1. The van der Waals surface area contributed by atoms with Crippen molar-refractivity contribution in [3.05, 3.63) is 112 Å². The van der Waals surface area contributed by atoms with Gasteiger partial charge in [-0.25, -0.2) is 0 Å². The van der Waals surface area contributed by atoms with Crippen LogP contribution in [0, 0.1) is 0 Å². The van der Waals surface area contributed by atoms with Crippen molar-refractivity contribution < 1.29 is 9.90 Å². The van der Waals surface area contributed by atoms with Crippen molar-refractivity contribution >= 4 is 32.6 Å². The Morgan fingerprint density at radius 1 is 0.821 bits per heavy atom. The minimum absolute atomic E-state index is 0.156. The van der Waals surface area contributed by atoms with E-state index in [-0.39, 0.29) is 11.7 Å². The van der Waals surface area contributed by atoms with Gasteiger partial charge in [-0.3, -0.25) is 4.79 Å². The zero-order valence-electron chi connectivity index (χ0n) is 15.0. The molecule has 1 amide bonds. The highest BCUT2D eigenvalue weighted by Crippen LogP contribution is 2.36. The summed E-state index contributed by atoms with van der Waals surface area (Å²) < 4.78 is 0.912. The second-order valence-corrected chi connectivity index (χ2v) is 7.46. The zero-order valence-corrected chi connectivity index (χ0v) is 16.6. The number of halogens is 1. The molecule has 0 aliphatic carbocycles. The monoisotopic (exact) mass is 431 g/mol. The van der Waals surface area contributed by atoms with Gasteiger partial charge in [-0.1, -0.05) is 76.6 Å². The Labute approximate surface area is 171 Å². The number of fused-ring (bicyclic) bond motifs is 1. The van der Waals surface area contributed by atoms with Gasteiger partial charge in [0.15, 0.2) is 0 Å². The van der Waals surface area contributed by atoms with Gasteiger partial charge in [0.25, 0.3) is 5.91 Å². The number of rotatable bonds is 4. The van der Waals surface area contributed by atoms with Crippen molar-refractivity contribution in [1.29, 1.82) is 0 Å². The molecule has 2 N–H and O–H groups in total. The van der Waals surface area contributed by atoms with E-state index in [2.05, 4.69) is 21.2 Å². The number of amides is 1. The number of hydrogen-bond donors (Lipinski definition) is 2. The molecule has 0 saturated heterocycles. The standard InChI is InChI=1S/C24H18BrNO2/c25-19-13-10-18(11-14-19)24(28)26-23(17-7-2-1-3-8-17)22-20-9-5-4-6-16(20)12-15-21(22)27/h1-15,23,27H,(H,26,28)/t23-/m1/s1. The molecule has 4 aromatic rings. The Hall–Kier alpha value is -3.11. The third-order valence-electron chi connectivity index (χ3n) is 4.75. The Morgan fingerprint density at radius 3 is 2.25 bits per heavy atom. The first-order valence-electron chi connectivity index (χ1n) is 8.95. The normalized spacial score (nSPS) is 11.9. The van der Waals surface area contributed by atoms with Gasteiger partial charge >= 0.3 is 0 Å². The maximum absolute atomic E-state index is 13.0. The molecule has 0 spiro atoms. The summed E-state index contributed by atoms with van der Waals surface area (Å²) in [7, 11) is 0. The van der Waals surface area contributed by atoms with Crippen molar-refractivity contribution in [3.63, 3.8) is 0 Å². The highest BCUT2D eigenvalue weighted by atomic mass is 79.9. The molecule has 3 nitrogen and oxygen atoms in total. The summed E-state index contributed by atoms with van der Waals surface area (Å²) >= 11 is 3.39. The summed E-state index contributed by atoms with van der Waals surface area (Å²) in [5, 5.41) is 15.7. The Bertz CT molecular complexity index is 1120. The van der Waals surface area contributed by atoms with E-state index >= 15 is 0 Å². The molecule has 0 radical (unpaired) electrons. The Kier molecular flexibility index (Phi) is 5.13. The smallest absolute Gasteiger partial charge is 0.252 e. The number of phenolic OH excluding ortho intramolecular Hbond substituents is 1. The molecule has 4 aromatic carbocycles. The van der Waals surface area contributed by atoms with E-state index in [4.69, 9.17) is 0 Å². The molecule has 0 bridgehead atoms. The Morgan fingerprint density at radius 2 is 1.50 bits per heavy atom. The first kappa shape index (κ1) is 18.3. The van der Waals surface area contributed by atoms with Gasteiger partial charge in [0, 0.05) is 15.6 Å². The molecule has 0 aliphatic rings. The fourth-order valence-corrected chi connectivity index (χ4v) is 3.64. The lowest BCUT2D eigenvalue weighted by atomic mass is 9.92. The average molecular weight is 432 g/mol. The molecule has 0 heterocycles. The van der Waals surface area contributed by atoms with Crippen LogP contribution in [0.2, 0.25) is 0 Å². The van der Waals surface area contributed by atoms with Crippen LogP contribution in [-0.4, -0.2) is 11.0 Å². The van der Waals surface area contributed by atoms with Crippen molar-refractivity contribution in [2.75, 3.05) is 0 Å². The third-order valence-corrected chi connectivity index (χ3v) is 5.28. The minimum atomic E-state index is -0.483. The molecule has 138 valence electrons. The molecular formula is C24H18BrNO2. The summed E-state index contributed by atoms with van der Waals surface area (Å²) in [6.07, 6.45) is 0. The lowest BCUT2D eigenvalue weighted by Crippen LogP contribution is -2.29. The van der Waals surface area contributed by atoms with Gasteiger partial charge in [0.2, 0.25) is 0 Å². The van der Waals surface area contributed by atoms with Gasteiger partial charge in [0.05, 0.1) is 6.04 Å². The number of hydrogen-bond acceptors (Lipinski definition) is 2. The first-order chi connectivity index (χ1) is 13.6. The maximum Gasteiger partial charge on any atom is 0.252 e. The molecule has 0 aromatic heterocycles. The molecule has 0 aliphatic heterocycles. The number of nitrogens with one attached hydrogen (secondary N) is 1. The maximum atomic E-state index is 13.0. The number of phenols is 1. The summed E-state index contributed by atoms with van der Waals surface area (Å²) in [4.78, 5) is 13.0. The molecular weight excluding hydrogens is 414 g/mol. The number of carbonyl (C=O) groups excluding carboxylic acids is 1. The summed E-state index contributed by atoms with van der Waals surface area (Å²) in [5.74, 6) is -0.0441. The van der Waals surface area contributed by atoms with Crippen LogP contribution in [0.1, 0.15) is 27.5 Å². The SMILES string of the molecule is O=C(N[C@H](c1ccccc1)c1c(O)ccc2ccccc12)c1ccc(Br)cc1. The zero-order chi connectivity index (χ0) is 19.5. The molecule has 28 heavy (non-hydrogen) atoms. The number of benzene rings is 4. The summed E-state index contributed by atoms with van der Waals surface area (Å²) in [6, 6.07) is 27.8. The van der Waals surface area contributed by atoms with Gasteiger partial charge in [-0.05, 0) is 46.7 Å². The summed E-state index contributed by atoms with van der Waals surface area (Å²) in [5.41, 5.74) is 2.15. The van der Waals surface area contributed by atoms with Crippen LogP contribution in [0.5, 0.6) is 5.75 Å². The van der Waals surface area contributed by atoms with Gasteiger partial charge < -0.3 is 10.4 Å². The Balaban J connectivity index is 1.83. The molecule has 4 heteroatoms. The van der Waals surface area contributed by atoms with Crippen LogP contribution in [-0.2, 0) is 0 Å². The van der Waals surface area contributed by atoms with Gasteiger partial charge in [0.1, 0.15) is 5.75 Å². The fourth-order valence-electron chi connectivity index (χ4n) is 3.37. The topological polar surface area (TPSA) is 49.3 Å². The quantitative estimate of drug-likeness (QED) is 0.427. The predicted molar refractivity (Wildman–Crippen MR) is 116 cm³/mol. The van der Waals surface area contributed by atoms with Crippen LogP contribution in [0.25, 0.3) is 10.8 Å². The van der Waals surface area contributed by atoms with Crippen LogP contribution >= 0.6 is 15.9 Å². The van der Waals surface area contributed by atoms with Gasteiger partial charge in [-0.2, -0.15) is 0 Å².